The van der Waals surface area contributed by atoms with Gasteiger partial charge in [0.15, 0.2) is 0 Å². The fourth-order valence-electron chi connectivity index (χ4n) is 3.30. The number of imide groups is 1. The number of nitrogens with one attached hydrogen (secondary N) is 2. The Labute approximate surface area is 174 Å². The monoisotopic (exact) mass is 411 g/mol. The van der Waals surface area contributed by atoms with Crippen LogP contribution < -0.4 is 15.4 Å². The van der Waals surface area contributed by atoms with Crippen molar-refractivity contribution in [2.45, 2.75) is 31.5 Å². The van der Waals surface area contributed by atoms with Crippen molar-refractivity contribution in [3.63, 3.8) is 0 Å². The summed E-state index contributed by atoms with van der Waals surface area (Å²) in [5.41, 5.74) is 1.59. The van der Waals surface area contributed by atoms with Gasteiger partial charge >= 0.3 is 6.03 Å². The molecule has 4 amide bonds. The second-order valence-electron chi connectivity index (χ2n) is 7.03. The molecular formula is C22H25N3O5. The predicted octanol–water partition coefficient (Wildman–Crippen LogP) is 1.75. The summed E-state index contributed by atoms with van der Waals surface area (Å²) in [4.78, 5) is 38.2. The molecule has 0 unspecified atom stereocenters. The molecule has 0 aromatic heterocycles. The minimum Gasteiger partial charge on any atom is -0.497 e. The molecule has 0 radical (unpaired) electrons. The molecule has 1 aliphatic rings. The number of hydrogen-bond donors (Lipinski definition) is 3. The van der Waals surface area contributed by atoms with Gasteiger partial charge in [0, 0.05) is 6.42 Å². The van der Waals surface area contributed by atoms with Crippen LogP contribution in [-0.2, 0) is 16.1 Å². The number of hydrogen-bond acceptors (Lipinski definition) is 5. The first-order valence-electron chi connectivity index (χ1n) is 9.71. The van der Waals surface area contributed by atoms with Crippen LogP contribution in [0.3, 0.4) is 0 Å². The molecule has 158 valence electrons. The van der Waals surface area contributed by atoms with E-state index in [1.807, 2.05) is 30.3 Å². The lowest BCUT2D eigenvalue weighted by Crippen LogP contribution is -2.34. The zero-order chi connectivity index (χ0) is 21.5. The fourth-order valence-corrected chi connectivity index (χ4v) is 3.30. The maximum absolute atomic E-state index is 12.6. The summed E-state index contributed by atoms with van der Waals surface area (Å²) < 4.78 is 5.10. The summed E-state index contributed by atoms with van der Waals surface area (Å²) >= 11 is 0. The number of benzene rings is 2. The van der Waals surface area contributed by atoms with Gasteiger partial charge in [-0.25, -0.2) is 4.79 Å². The number of rotatable bonds is 9. The van der Waals surface area contributed by atoms with E-state index in [0.29, 0.717) is 5.75 Å². The third-order valence-corrected chi connectivity index (χ3v) is 4.99. The van der Waals surface area contributed by atoms with E-state index < -0.39 is 18.1 Å². The third kappa shape index (κ3) is 5.15. The molecule has 0 spiro atoms. The molecule has 2 atom stereocenters. The first kappa shape index (κ1) is 21.3. The van der Waals surface area contributed by atoms with Crippen LogP contribution in [-0.4, -0.2) is 47.6 Å². The van der Waals surface area contributed by atoms with Crippen LogP contribution in [0, 0.1) is 0 Å². The minimum atomic E-state index is -0.745. The average molecular weight is 411 g/mol. The molecule has 0 aliphatic carbocycles. The third-order valence-electron chi connectivity index (χ3n) is 4.99. The van der Waals surface area contributed by atoms with Crippen LogP contribution in [0.15, 0.2) is 54.6 Å². The molecule has 1 saturated heterocycles. The van der Waals surface area contributed by atoms with Crippen molar-refractivity contribution in [3.05, 3.63) is 65.7 Å². The highest BCUT2D eigenvalue weighted by Crippen LogP contribution is 2.18. The van der Waals surface area contributed by atoms with Crippen LogP contribution in [0.25, 0.3) is 0 Å². The second-order valence-corrected chi connectivity index (χ2v) is 7.03. The van der Waals surface area contributed by atoms with Crippen molar-refractivity contribution in [1.29, 1.82) is 0 Å². The Morgan fingerprint density at radius 1 is 1.17 bits per heavy atom. The van der Waals surface area contributed by atoms with E-state index in [1.54, 1.807) is 31.4 Å². The number of ether oxygens (including phenoxy) is 1. The summed E-state index contributed by atoms with van der Waals surface area (Å²) in [6, 6.07) is 14.5. The quantitative estimate of drug-likeness (QED) is 0.545. The minimum absolute atomic E-state index is 0.0520. The molecule has 1 heterocycles. The molecule has 0 bridgehead atoms. The normalized spacial score (nSPS) is 16.9. The first-order chi connectivity index (χ1) is 14.5. The van der Waals surface area contributed by atoms with Crippen LogP contribution >= 0.6 is 0 Å². The van der Waals surface area contributed by atoms with Crippen LogP contribution in [0.1, 0.15) is 30.0 Å². The Hall–Kier alpha value is -3.39. The van der Waals surface area contributed by atoms with Crippen LogP contribution in [0.5, 0.6) is 5.75 Å². The van der Waals surface area contributed by atoms with Gasteiger partial charge < -0.3 is 20.5 Å². The molecule has 8 heteroatoms. The van der Waals surface area contributed by atoms with Crippen LogP contribution in [0.4, 0.5) is 4.79 Å². The van der Waals surface area contributed by atoms with E-state index >= 15 is 0 Å². The number of nitrogens with zero attached hydrogens (tertiary/aromatic N) is 1. The Balaban J connectivity index is 1.52. The van der Waals surface area contributed by atoms with Crippen molar-refractivity contribution in [1.82, 2.24) is 15.5 Å². The molecule has 2 aromatic carbocycles. The number of aliphatic hydroxyl groups excluding tert-OH is 1. The second kappa shape index (κ2) is 9.89. The van der Waals surface area contributed by atoms with Crippen LogP contribution in [0.2, 0.25) is 0 Å². The highest BCUT2D eigenvalue weighted by molar-refractivity contribution is 6.04. The number of carbonyl (C=O) groups excluding carboxylic acids is 3. The number of amides is 4. The lowest BCUT2D eigenvalue weighted by atomic mass is 10.1. The number of carbonyl (C=O) groups is 3. The molecule has 8 nitrogen and oxygen atoms in total. The van der Waals surface area contributed by atoms with E-state index in [2.05, 4.69) is 10.6 Å². The predicted molar refractivity (Wildman–Crippen MR) is 110 cm³/mol. The Kier molecular flexibility index (Phi) is 7.03. The van der Waals surface area contributed by atoms with Gasteiger partial charge in [0.2, 0.25) is 5.91 Å². The van der Waals surface area contributed by atoms with E-state index in [9.17, 15) is 19.5 Å². The maximum Gasteiger partial charge on any atom is 0.325 e. The van der Waals surface area contributed by atoms with Gasteiger partial charge in [0.05, 0.1) is 26.3 Å². The number of methoxy groups -OCH3 is 1. The van der Waals surface area contributed by atoms with Gasteiger partial charge in [-0.15, -0.1) is 0 Å². The highest BCUT2D eigenvalue weighted by Gasteiger charge is 2.37. The maximum atomic E-state index is 12.6. The Bertz CT molecular complexity index is 885. The molecule has 1 fully saturated rings. The van der Waals surface area contributed by atoms with E-state index in [4.69, 9.17) is 4.74 Å². The average Bonchev–Trinajstić information content (AvgIpc) is 3.04. The molecule has 1 aliphatic heterocycles. The van der Waals surface area contributed by atoms with E-state index in [-0.39, 0.29) is 37.8 Å². The summed E-state index contributed by atoms with van der Waals surface area (Å²) in [7, 11) is 1.57. The fraction of sp³-hybridized carbons (Fsp3) is 0.318. The summed E-state index contributed by atoms with van der Waals surface area (Å²) in [6.07, 6.45) is 0.235. The number of urea groups is 1. The van der Waals surface area contributed by atoms with Gasteiger partial charge in [-0.1, -0.05) is 42.5 Å². The van der Waals surface area contributed by atoms with Crippen molar-refractivity contribution in [3.8, 4) is 5.75 Å². The Morgan fingerprint density at radius 3 is 2.50 bits per heavy atom. The lowest BCUT2D eigenvalue weighted by molar-refractivity contribution is -0.128. The van der Waals surface area contributed by atoms with Gasteiger partial charge in [0.25, 0.3) is 5.91 Å². The van der Waals surface area contributed by atoms with E-state index in [0.717, 1.165) is 16.0 Å². The van der Waals surface area contributed by atoms with Crippen molar-refractivity contribution >= 4 is 17.8 Å². The molecular weight excluding hydrogens is 386 g/mol. The van der Waals surface area contributed by atoms with Crippen molar-refractivity contribution in [2.24, 2.45) is 0 Å². The summed E-state index contributed by atoms with van der Waals surface area (Å²) in [5.74, 6) is 0.0375. The standard InChI is InChI=1S/C22H25N3O5/c1-30-17-9-7-15(8-10-17)13-25-21(28)18(24-22(25)29)11-12-20(27)23-19(14-26)16-5-3-2-4-6-16/h2-10,18-19,26H,11-14H2,1H3,(H,23,27)(H,24,29)/t18-,19-/m1/s1. The summed E-state index contributed by atoms with van der Waals surface area (Å²) in [5, 5.41) is 14.9. The van der Waals surface area contributed by atoms with Gasteiger partial charge in [-0.05, 0) is 29.7 Å². The van der Waals surface area contributed by atoms with Gasteiger partial charge in [-0.2, -0.15) is 0 Å². The zero-order valence-corrected chi connectivity index (χ0v) is 16.7. The summed E-state index contributed by atoms with van der Waals surface area (Å²) in [6.45, 7) is -0.0809. The molecule has 30 heavy (non-hydrogen) atoms. The lowest BCUT2D eigenvalue weighted by Gasteiger charge is -2.17. The first-order valence-corrected chi connectivity index (χ1v) is 9.71. The van der Waals surface area contributed by atoms with Gasteiger partial charge in [0.1, 0.15) is 11.8 Å². The molecule has 3 rings (SSSR count). The zero-order valence-electron chi connectivity index (χ0n) is 16.7. The SMILES string of the molecule is COc1ccc(CN2C(=O)N[C@H](CCC(=O)N[C@H](CO)c3ccccc3)C2=O)cc1. The number of aliphatic hydroxyl groups is 1. The largest absolute Gasteiger partial charge is 0.497 e. The van der Waals surface area contributed by atoms with Crippen molar-refractivity contribution < 1.29 is 24.2 Å². The molecule has 2 aromatic rings. The van der Waals surface area contributed by atoms with E-state index in [1.165, 1.54) is 0 Å². The molecule has 0 saturated carbocycles. The molecule has 3 N–H and O–H groups in total. The highest BCUT2D eigenvalue weighted by atomic mass is 16.5. The smallest absolute Gasteiger partial charge is 0.325 e. The van der Waals surface area contributed by atoms with Gasteiger partial charge in [-0.3, -0.25) is 14.5 Å². The van der Waals surface area contributed by atoms with Crippen molar-refractivity contribution in [2.75, 3.05) is 13.7 Å². The topological polar surface area (TPSA) is 108 Å². The Morgan fingerprint density at radius 2 is 1.87 bits per heavy atom.